The van der Waals surface area contributed by atoms with Crippen LogP contribution in [0.2, 0.25) is 0 Å². The van der Waals surface area contributed by atoms with Crippen LogP contribution in [0.4, 0.5) is 0 Å². The third-order valence-corrected chi connectivity index (χ3v) is 3.58. The Kier molecular flexibility index (Phi) is 7.23. The predicted octanol–water partition coefficient (Wildman–Crippen LogP) is 2.71. The summed E-state index contributed by atoms with van der Waals surface area (Å²) in [5.74, 6) is 1.23. The lowest BCUT2D eigenvalue weighted by atomic mass is 10.0. The second-order valence-corrected chi connectivity index (χ2v) is 6.00. The molecule has 0 aromatic heterocycles. The van der Waals surface area contributed by atoms with Gasteiger partial charge in [0.05, 0.1) is 6.61 Å². The molecule has 21 heavy (non-hydrogen) atoms. The van der Waals surface area contributed by atoms with Crippen LogP contribution in [0.25, 0.3) is 0 Å². The number of amides is 1. The number of hydrogen-bond acceptors (Lipinski definition) is 3. The fraction of sp³-hybridized carbons (Fsp3) is 0.588. The van der Waals surface area contributed by atoms with Gasteiger partial charge in [-0.05, 0) is 25.3 Å². The average molecular weight is 292 g/mol. The van der Waals surface area contributed by atoms with Crippen LogP contribution in [-0.2, 0) is 11.3 Å². The van der Waals surface area contributed by atoms with Gasteiger partial charge in [0.25, 0.3) is 0 Å². The SMILES string of the molecule is CC(C)CCOc1ccccc1CNC(=O)C(C)C(C)N. The van der Waals surface area contributed by atoms with Crippen molar-refractivity contribution >= 4 is 5.91 Å². The number of para-hydroxylation sites is 1. The number of ether oxygens (including phenoxy) is 1. The molecule has 0 aliphatic rings. The van der Waals surface area contributed by atoms with Crippen LogP contribution in [0.5, 0.6) is 5.75 Å². The van der Waals surface area contributed by atoms with E-state index in [-0.39, 0.29) is 17.9 Å². The second kappa shape index (κ2) is 8.67. The molecule has 0 saturated carbocycles. The molecule has 1 rings (SSSR count). The summed E-state index contributed by atoms with van der Waals surface area (Å²) in [4.78, 5) is 11.9. The molecule has 118 valence electrons. The number of nitrogens with two attached hydrogens (primary N) is 1. The molecule has 0 saturated heterocycles. The van der Waals surface area contributed by atoms with Crippen molar-refractivity contribution in [1.82, 2.24) is 5.32 Å². The van der Waals surface area contributed by atoms with Crippen molar-refractivity contribution in [3.8, 4) is 5.75 Å². The Morgan fingerprint density at radius 2 is 1.90 bits per heavy atom. The minimum atomic E-state index is -0.195. The zero-order valence-electron chi connectivity index (χ0n) is 13.6. The number of carbonyl (C=O) groups excluding carboxylic acids is 1. The first-order chi connectivity index (χ1) is 9.91. The molecular weight excluding hydrogens is 264 g/mol. The molecule has 1 aromatic rings. The van der Waals surface area contributed by atoms with Crippen molar-refractivity contribution in [3.63, 3.8) is 0 Å². The van der Waals surface area contributed by atoms with Gasteiger partial charge in [0.1, 0.15) is 5.75 Å². The van der Waals surface area contributed by atoms with Crippen molar-refractivity contribution in [2.75, 3.05) is 6.61 Å². The zero-order valence-corrected chi connectivity index (χ0v) is 13.6. The second-order valence-electron chi connectivity index (χ2n) is 6.00. The highest BCUT2D eigenvalue weighted by Crippen LogP contribution is 2.18. The molecule has 4 nitrogen and oxygen atoms in total. The fourth-order valence-corrected chi connectivity index (χ4v) is 1.78. The molecule has 0 aliphatic carbocycles. The molecule has 0 radical (unpaired) electrons. The minimum Gasteiger partial charge on any atom is -0.493 e. The van der Waals surface area contributed by atoms with E-state index in [4.69, 9.17) is 10.5 Å². The molecule has 1 aromatic carbocycles. The molecule has 2 unspecified atom stereocenters. The molecule has 0 aliphatic heterocycles. The van der Waals surface area contributed by atoms with E-state index in [1.807, 2.05) is 38.1 Å². The lowest BCUT2D eigenvalue weighted by Crippen LogP contribution is -2.38. The number of hydrogen-bond donors (Lipinski definition) is 2. The van der Waals surface area contributed by atoms with E-state index >= 15 is 0 Å². The summed E-state index contributed by atoms with van der Waals surface area (Å²) in [6, 6.07) is 7.66. The van der Waals surface area contributed by atoms with Gasteiger partial charge < -0.3 is 15.8 Å². The highest BCUT2D eigenvalue weighted by Gasteiger charge is 2.16. The van der Waals surface area contributed by atoms with Crippen LogP contribution in [0, 0.1) is 11.8 Å². The van der Waals surface area contributed by atoms with E-state index in [1.165, 1.54) is 0 Å². The minimum absolute atomic E-state index is 0.0259. The molecular formula is C17H28N2O2. The van der Waals surface area contributed by atoms with Crippen molar-refractivity contribution < 1.29 is 9.53 Å². The van der Waals surface area contributed by atoms with Gasteiger partial charge in [-0.15, -0.1) is 0 Å². The van der Waals surface area contributed by atoms with E-state index in [1.54, 1.807) is 0 Å². The van der Waals surface area contributed by atoms with Gasteiger partial charge in [-0.1, -0.05) is 39.0 Å². The van der Waals surface area contributed by atoms with E-state index in [9.17, 15) is 4.79 Å². The molecule has 0 spiro atoms. The summed E-state index contributed by atoms with van der Waals surface area (Å²) in [6.45, 7) is 9.18. The maximum atomic E-state index is 11.9. The van der Waals surface area contributed by atoms with Crippen LogP contribution in [0.1, 0.15) is 39.7 Å². The van der Waals surface area contributed by atoms with Gasteiger partial charge in [0.2, 0.25) is 5.91 Å². The summed E-state index contributed by atoms with van der Waals surface area (Å²) in [7, 11) is 0. The molecule has 2 atom stereocenters. The largest absolute Gasteiger partial charge is 0.493 e. The van der Waals surface area contributed by atoms with Crippen LogP contribution in [0.15, 0.2) is 24.3 Å². The summed E-state index contributed by atoms with van der Waals surface area (Å²) < 4.78 is 5.81. The van der Waals surface area contributed by atoms with Crippen LogP contribution in [-0.4, -0.2) is 18.6 Å². The molecule has 4 heteroatoms. The smallest absolute Gasteiger partial charge is 0.224 e. The number of benzene rings is 1. The van der Waals surface area contributed by atoms with E-state index in [0.29, 0.717) is 19.1 Å². The molecule has 1 amide bonds. The van der Waals surface area contributed by atoms with Gasteiger partial charge in [-0.25, -0.2) is 0 Å². The summed E-state index contributed by atoms with van der Waals surface area (Å²) in [5, 5.41) is 2.92. The Labute approximate surface area is 128 Å². The Bertz CT molecular complexity index is 444. The summed E-state index contributed by atoms with van der Waals surface area (Å²) >= 11 is 0. The van der Waals surface area contributed by atoms with Gasteiger partial charge in [0, 0.05) is 24.1 Å². The third kappa shape index (κ3) is 6.17. The predicted molar refractivity (Wildman–Crippen MR) is 86.1 cm³/mol. The van der Waals surface area contributed by atoms with Crippen molar-refractivity contribution in [1.29, 1.82) is 0 Å². The van der Waals surface area contributed by atoms with Gasteiger partial charge in [0.15, 0.2) is 0 Å². The number of rotatable bonds is 8. The quantitative estimate of drug-likeness (QED) is 0.774. The van der Waals surface area contributed by atoms with Gasteiger partial charge >= 0.3 is 0 Å². The lowest BCUT2D eigenvalue weighted by molar-refractivity contribution is -0.125. The van der Waals surface area contributed by atoms with Crippen LogP contribution >= 0.6 is 0 Å². The van der Waals surface area contributed by atoms with Gasteiger partial charge in [-0.2, -0.15) is 0 Å². The third-order valence-electron chi connectivity index (χ3n) is 3.58. The summed E-state index contributed by atoms with van der Waals surface area (Å²) in [5.41, 5.74) is 6.74. The Morgan fingerprint density at radius 3 is 2.52 bits per heavy atom. The Morgan fingerprint density at radius 1 is 1.24 bits per heavy atom. The average Bonchev–Trinajstić information content (AvgIpc) is 2.44. The monoisotopic (exact) mass is 292 g/mol. The maximum Gasteiger partial charge on any atom is 0.224 e. The van der Waals surface area contributed by atoms with Crippen LogP contribution < -0.4 is 15.8 Å². The summed E-state index contributed by atoms with van der Waals surface area (Å²) in [6.07, 6.45) is 1.02. The normalized spacial score (nSPS) is 13.8. The molecule has 3 N–H and O–H groups in total. The Balaban J connectivity index is 2.56. The first-order valence-corrected chi connectivity index (χ1v) is 7.65. The topological polar surface area (TPSA) is 64.3 Å². The van der Waals surface area contributed by atoms with Crippen molar-refractivity contribution in [3.05, 3.63) is 29.8 Å². The highest BCUT2D eigenvalue weighted by atomic mass is 16.5. The van der Waals surface area contributed by atoms with Crippen LogP contribution in [0.3, 0.4) is 0 Å². The lowest BCUT2D eigenvalue weighted by Gasteiger charge is -2.17. The standard InChI is InChI=1S/C17H28N2O2/c1-12(2)9-10-21-16-8-6-5-7-15(16)11-19-17(20)13(3)14(4)18/h5-8,12-14H,9-11,18H2,1-4H3,(H,19,20). The fourth-order valence-electron chi connectivity index (χ4n) is 1.78. The molecule has 0 bridgehead atoms. The first-order valence-electron chi connectivity index (χ1n) is 7.65. The maximum absolute atomic E-state index is 11.9. The van der Waals surface area contributed by atoms with Crippen molar-refractivity contribution in [2.24, 2.45) is 17.6 Å². The zero-order chi connectivity index (χ0) is 15.8. The molecule has 0 heterocycles. The number of nitrogens with one attached hydrogen (secondary N) is 1. The van der Waals surface area contributed by atoms with Gasteiger partial charge in [-0.3, -0.25) is 4.79 Å². The number of carbonyl (C=O) groups is 1. The van der Waals surface area contributed by atoms with Crippen molar-refractivity contribution in [2.45, 2.75) is 46.7 Å². The molecule has 0 fully saturated rings. The Hall–Kier alpha value is -1.55. The van der Waals surface area contributed by atoms with E-state index in [2.05, 4.69) is 19.2 Å². The van der Waals surface area contributed by atoms with E-state index < -0.39 is 0 Å². The van der Waals surface area contributed by atoms with E-state index in [0.717, 1.165) is 17.7 Å². The first kappa shape index (κ1) is 17.5. The highest BCUT2D eigenvalue weighted by molar-refractivity contribution is 5.78.